The van der Waals surface area contributed by atoms with Crippen LogP contribution in [0.5, 0.6) is 0 Å². The predicted molar refractivity (Wildman–Crippen MR) is 62.7 cm³/mol. The number of hydrogen-bond acceptors (Lipinski definition) is 2. The summed E-state index contributed by atoms with van der Waals surface area (Å²) >= 11 is 0. The number of rotatable bonds is 4. The van der Waals surface area contributed by atoms with Gasteiger partial charge in [0.1, 0.15) is 0 Å². The van der Waals surface area contributed by atoms with Gasteiger partial charge in [-0.3, -0.25) is 4.21 Å². The van der Waals surface area contributed by atoms with E-state index < -0.39 is 10.8 Å². The zero-order chi connectivity index (χ0) is 10.6. The molecule has 0 aromatic rings. The molecule has 0 aliphatic heterocycles. The second kappa shape index (κ2) is 5.86. The highest BCUT2D eigenvalue weighted by Crippen LogP contribution is 2.29. The predicted octanol–water partition coefficient (Wildman–Crippen LogP) is 2.05. The van der Waals surface area contributed by atoms with Crippen molar-refractivity contribution in [3.05, 3.63) is 0 Å². The summed E-state index contributed by atoms with van der Waals surface area (Å²) in [5.74, 6) is 0.513. The molecule has 0 bridgehead atoms. The molecule has 2 nitrogen and oxygen atoms in total. The molecule has 3 heteroatoms. The minimum absolute atomic E-state index is 0.340. The van der Waals surface area contributed by atoms with E-state index in [1.807, 2.05) is 0 Å². The van der Waals surface area contributed by atoms with E-state index in [1.165, 1.54) is 19.3 Å². The molecule has 1 rings (SSSR count). The fourth-order valence-corrected chi connectivity index (χ4v) is 4.16. The first-order valence-corrected chi connectivity index (χ1v) is 7.07. The van der Waals surface area contributed by atoms with Crippen molar-refractivity contribution in [3.63, 3.8) is 0 Å². The summed E-state index contributed by atoms with van der Waals surface area (Å²) in [5, 5.41) is 0.718. The molecule has 84 valence electrons. The molecule has 0 heterocycles. The third-order valence-electron chi connectivity index (χ3n) is 3.41. The van der Waals surface area contributed by atoms with Crippen LogP contribution in [0.2, 0.25) is 0 Å². The average Bonchev–Trinajstić information content (AvgIpc) is 2.26. The molecule has 0 saturated heterocycles. The highest BCUT2D eigenvalue weighted by atomic mass is 32.2. The van der Waals surface area contributed by atoms with Crippen molar-refractivity contribution in [1.82, 2.24) is 0 Å². The molecule has 0 amide bonds. The summed E-state index contributed by atoms with van der Waals surface area (Å²) in [5.41, 5.74) is 5.74. The van der Waals surface area contributed by atoms with Gasteiger partial charge in [0.15, 0.2) is 0 Å². The maximum atomic E-state index is 12.2. The summed E-state index contributed by atoms with van der Waals surface area (Å²) < 4.78 is 12.2. The van der Waals surface area contributed by atoms with Crippen molar-refractivity contribution in [2.75, 3.05) is 6.54 Å². The lowest BCUT2D eigenvalue weighted by atomic mass is 9.89. The Kier molecular flexibility index (Phi) is 5.10. The Labute approximate surface area is 90.1 Å². The smallest absolute Gasteiger partial charge is 0.0390 e. The van der Waals surface area contributed by atoms with Crippen LogP contribution in [0.25, 0.3) is 0 Å². The van der Waals surface area contributed by atoms with Crippen LogP contribution in [-0.2, 0) is 10.8 Å². The van der Waals surface area contributed by atoms with Crippen molar-refractivity contribution in [2.45, 2.75) is 56.5 Å². The summed E-state index contributed by atoms with van der Waals surface area (Å²) in [6.07, 6.45) is 5.84. The van der Waals surface area contributed by atoms with E-state index in [4.69, 9.17) is 5.73 Å². The van der Waals surface area contributed by atoms with Crippen molar-refractivity contribution in [2.24, 2.45) is 11.7 Å². The Bertz CT molecular complexity index is 196. The van der Waals surface area contributed by atoms with Crippen molar-refractivity contribution >= 4 is 10.8 Å². The quantitative estimate of drug-likeness (QED) is 0.783. The van der Waals surface area contributed by atoms with E-state index in [1.54, 1.807) is 0 Å². The van der Waals surface area contributed by atoms with E-state index >= 15 is 0 Å². The maximum absolute atomic E-state index is 12.2. The zero-order valence-corrected chi connectivity index (χ0v) is 10.2. The molecule has 14 heavy (non-hydrogen) atoms. The van der Waals surface area contributed by atoms with E-state index in [-0.39, 0.29) is 0 Å². The summed E-state index contributed by atoms with van der Waals surface area (Å²) in [6, 6.07) is 0. The lowest BCUT2D eigenvalue weighted by Crippen LogP contribution is -2.37. The lowest BCUT2D eigenvalue weighted by Gasteiger charge is -2.31. The molecule has 0 radical (unpaired) electrons. The Morgan fingerprint density at radius 2 is 2.07 bits per heavy atom. The van der Waals surface area contributed by atoms with Gasteiger partial charge in [0, 0.05) is 21.3 Å². The van der Waals surface area contributed by atoms with Crippen molar-refractivity contribution in [3.8, 4) is 0 Å². The average molecular weight is 217 g/mol. The molecular weight excluding hydrogens is 194 g/mol. The Balaban J connectivity index is 2.58. The SMILES string of the molecule is CCC(C)S(=O)C1CCCCC1CN. The maximum Gasteiger partial charge on any atom is 0.0390 e. The van der Waals surface area contributed by atoms with Gasteiger partial charge in [-0.15, -0.1) is 0 Å². The Hall–Kier alpha value is 0.110. The third-order valence-corrected chi connectivity index (χ3v) is 5.76. The van der Waals surface area contributed by atoms with E-state index in [0.29, 0.717) is 23.0 Å². The van der Waals surface area contributed by atoms with Gasteiger partial charge in [0.2, 0.25) is 0 Å². The van der Waals surface area contributed by atoms with Crippen LogP contribution in [0, 0.1) is 5.92 Å². The third kappa shape index (κ3) is 2.80. The fourth-order valence-electron chi connectivity index (χ4n) is 2.21. The molecule has 1 aliphatic carbocycles. The van der Waals surface area contributed by atoms with Crippen LogP contribution in [0.15, 0.2) is 0 Å². The zero-order valence-electron chi connectivity index (χ0n) is 9.37. The van der Waals surface area contributed by atoms with Gasteiger partial charge in [0.25, 0.3) is 0 Å². The molecule has 1 fully saturated rings. The van der Waals surface area contributed by atoms with Gasteiger partial charge in [-0.25, -0.2) is 0 Å². The molecule has 2 N–H and O–H groups in total. The van der Waals surface area contributed by atoms with Crippen LogP contribution < -0.4 is 5.73 Å². The second-order valence-corrected chi connectivity index (χ2v) is 6.43. The van der Waals surface area contributed by atoms with Gasteiger partial charge in [-0.05, 0) is 31.7 Å². The monoisotopic (exact) mass is 217 g/mol. The Morgan fingerprint density at radius 1 is 1.43 bits per heavy atom. The molecule has 0 aromatic carbocycles. The minimum Gasteiger partial charge on any atom is -0.330 e. The molecule has 4 unspecified atom stereocenters. The summed E-state index contributed by atoms with van der Waals surface area (Å²) in [4.78, 5) is 0. The van der Waals surface area contributed by atoms with Crippen LogP contribution in [-0.4, -0.2) is 21.3 Å². The summed E-state index contributed by atoms with van der Waals surface area (Å²) in [6.45, 7) is 4.92. The van der Waals surface area contributed by atoms with Gasteiger partial charge < -0.3 is 5.73 Å². The normalized spacial score (nSPS) is 32.5. The van der Waals surface area contributed by atoms with Gasteiger partial charge in [-0.1, -0.05) is 26.7 Å². The van der Waals surface area contributed by atoms with Gasteiger partial charge in [-0.2, -0.15) is 0 Å². The van der Waals surface area contributed by atoms with Crippen LogP contribution in [0.1, 0.15) is 46.0 Å². The summed E-state index contributed by atoms with van der Waals surface area (Å²) in [7, 11) is -0.661. The molecule has 4 atom stereocenters. The minimum atomic E-state index is -0.661. The van der Waals surface area contributed by atoms with Gasteiger partial charge >= 0.3 is 0 Å². The van der Waals surface area contributed by atoms with Crippen LogP contribution in [0.3, 0.4) is 0 Å². The standard InChI is InChI=1S/C11H23NOS/c1-3-9(2)14(13)11-7-5-4-6-10(11)8-12/h9-11H,3-8,12H2,1-2H3. The van der Waals surface area contributed by atoms with Crippen molar-refractivity contribution < 1.29 is 4.21 Å². The lowest BCUT2D eigenvalue weighted by molar-refractivity contribution is 0.370. The highest BCUT2D eigenvalue weighted by molar-refractivity contribution is 7.86. The van der Waals surface area contributed by atoms with Crippen LogP contribution >= 0.6 is 0 Å². The largest absolute Gasteiger partial charge is 0.330 e. The van der Waals surface area contributed by atoms with E-state index in [2.05, 4.69) is 13.8 Å². The first kappa shape index (κ1) is 12.2. The van der Waals surface area contributed by atoms with E-state index in [0.717, 1.165) is 12.8 Å². The molecule has 1 aliphatic rings. The highest BCUT2D eigenvalue weighted by Gasteiger charge is 2.30. The fraction of sp³-hybridized carbons (Fsp3) is 1.00. The first-order valence-electron chi connectivity index (χ1n) is 5.80. The molecular formula is C11H23NOS. The van der Waals surface area contributed by atoms with E-state index in [9.17, 15) is 4.21 Å². The first-order chi connectivity index (χ1) is 6.70. The van der Waals surface area contributed by atoms with Gasteiger partial charge in [0.05, 0.1) is 0 Å². The number of hydrogen-bond donors (Lipinski definition) is 1. The van der Waals surface area contributed by atoms with Crippen LogP contribution in [0.4, 0.5) is 0 Å². The Morgan fingerprint density at radius 3 is 2.64 bits per heavy atom. The topological polar surface area (TPSA) is 43.1 Å². The molecule has 1 saturated carbocycles. The second-order valence-electron chi connectivity index (χ2n) is 4.37. The number of nitrogens with two attached hydrogens (primary N) is 1. The molecule has 0 spiro atoms. The van der Waals surface area contributed by atoms with Crippen molar-refractivity contribution in [1.29, 1.82) is 0 Å². The molecule has 0 aromatic heterocycles.